The van der Waals surface area contributed by atoms with Crippen LogP contribution in [0.1, 0.15) is 49.9 Å². The maximum Gasteiger partial charge on any atom is 0.326 e. The van der Waals surface area contributed by atoms with E-state index in [1.165, 1.54) is 0 Å². The zero-order valence-electron chi connectivity index (χ0n) is 12.6. The summed E-state index contributed by atoms with van der Waals surface area (Å²) in [6.45, 7) is 4.63. The second-order valence-electron chi connectivity index (χ2n) is 4.88. The smallest absolute Gasteiger partial charge is 0.326 e. The Hall–Kier alpha value is -2.04. The molecule has 1 rings (SSSR count). The standard InChI is InChI=1S/C16H23NO4/c1-3-5-6-14(16(19)20)17-15(18)12-7-9-13(10-8-12)21-11-4-2/h7-10,14H,3-6,11H2,1-2H3,(H,17,18)(H,19,20). The van der Waals surface area contributed by atoms with Crippen molar-refractivity contribution in [3.63, 3.8) is 0 Å². The van der Waals surface area contributed by atoms with E-state index in [1.807, 2.05) is 13.8 Å². The van der Waals surface area contributed by atoms with Crippen molar-refractivity contribution in [2.24, 2.45) is 0 Å². The minimum Gasteiger partial charge on any atom is -0.494 e. The Labute approximate surface area is 125 Å². The van der Waals surface area contributed by atoms with Gasteiger partial charge >= 0.3 is 5.97 Å². The molecule has 0 fully saturated rings. The first-order valence-corrected chi connectivity index (χ1v) is 7.35. The van der Waals surface area contributed by atoms with Crippen molar-refractivity contribution < 1.29 is 19.4 Å². The Kier molecular flexibility index (Phi) is 7.29. The number of amides is 1. The Morgan fingerprint density at radius 3 is 2.38 bits per heavy atom. The average Bonchev–Trinajstić information content (AvgIpc) is 2.49. The molecule has 0 aliphatic heterocycles. The van der Waals surface area contributed by atoms with E-state index in [-0.39, 0.29) is 5.91 Å². The van der Waals surface area contributed by atoms with E-state index in [9.17, 15) is 9.59 Å². The molecule has 0 heterocycles. The summed E-state index contributed by atoms with van der Waals surface area (Å²) >= 11 is 0. The van der Waals surface area contributed by atoms with Crippen molar-refractivity contribution in [3.05, 3.63) is 29.8 Å². The number of benzene rings is 1. The number of carboxylic acids is 1. The molecule has 2 N–H and O–H groups in total. The molecule has 0 saturated heterocycles. The Balaban J connectivity index is 2.62. The third kappa shape index (κ3) is 5.85. The van der Waals surface area contributed by atoms with Crippen molar-refractivity contribution in [1.29, 1.82) is 0 Å². The summed E-state index contributed by atoms with van der Waals surface area (Å²) in [5.74, 6) is -0.672. The molecule has 0 spiro atoms. The van der Waals surface area contributed by atoms with Gasteiger partial charge in [-0.3, -0.25) is 4.79 Å². The molecule has 1 aromatic carbocycles. The summed E-state index contributed by atoms with van der Waals surface area (Å²) in [6.07, 6.45) is 3.01. The third-order valence-corrected chi connectivity index (χ3v) is 3.04. The van der Waals surface area contributed by atoms with E-state index in [0.29, 0.717) is 24.3 Å². The molecule has 0 bridgehead atoms. The van der Waals surface area contributed by atoms with Gasteiger partial charge in [-0.1, -0.05) is 26.7 Å². The SMILES string of the molecule is CCCCC(NC(=O)c1ccc(OCCC)cc1)C(=O)O. The molecule has 5 heteroatoms. The zero-order chi connectivity index (χ0) is 15.7. The van der Waals surface area contributed by atoms with E-state index in [2.05, 4.69) is 5.32 Å². The van der Waals surface area contributed by atoms with Crippen LogP contribution in [0.3, 0.4) is 0 Å². The van der Waals surface area contributed by atoms with Crippen LogP contribution in [-0.4, -0.2) is 29.6 Å². The summed E-state index contributed by atoms with van der Waals surface area (Å²) in [5.41, 5.74) is 0.432. The fraction of sp³-hybridized carbons (Fsp3) is 0.500. The van der Waals surface area contributed by atoms with E-state index < -0.39 is 12.0 Å². The van der Waals surface area contributed by atoms with Gasteiger partial charge < -0.3 is 15.2 Å². The number of aliphatic carboxylic acids is 1. The molecule has 0 saturated carbocycles. The normalized spacial score (nSPS) is 11.7. The first kappa shape index (κ1) is 17.0. The molecular weight excluding hydrogens is 270 g/mol. The van der Waals surface area contributed by atoms with E-state index >= 15 is 0 Å². The van der Waals surface area contributed by atoms with Gasteiger partial charge in [-0.2, -0.15) is 0 Å². The maximum absolute atomic E-state index is 12.0. The number of carbonyl (C=O) groups is 2. The van der Waals surface area contributed by atoms with Gasteiger partial charge in [0.25, 0.3) is 5.91 Å². The molecule has 0 aromatic heterocycles. The number of nitrogens with one attached hydrogen (secondary N) is 1. The number of hydrogen-bond donors (Lipinski definition) is 2. The highest BCUT2D eigenvalue weighted by atomic mass is 16.5. The lowest BCUT2D eigenvalue weighted by atomic mass is 10.1. The number of carboxylic acid groups (broad SMARTS) is 1. The van der Waals surface area contributed by atoms with Crippen LogP contribution in [0, 0.1) is 0 Å². The minimum absolute atomic E-state index is 0.374. The molecule has 1 atom stereocenters. The predicted octanol–water partition coefficient (Wildman–Crippen LogP) is 2.85. The molecule has 116 valence electrons. The summed E-state index contributed by atoms with van der Waals surface area (Å²) in [7, 11) is 0. The maximum atomic E-state index is 12.0. The number of ether oxygens (including phenoxy) is 1. The summed E-state index contributed by atoms with van der Waals surface area (Å²) < 4.78 is 5.44. The number of hydrogen-bond acceptors (Lipinski definition) is 3. The summed E-state index contributed by atoms with van der Waals surface area (Å²) in [5, 5.41) is 11.7. The Bertz CT molecular complexity index is 456. The molecule has 1 aromatic rings. The first-order valence-electron chi connectivity index (χ1n) is 7.35. The molecule has 1 amide bonds. The van der Waals surface area contributed by atoms with Gasteiger partial charge in [-0.15, -0.1) is 0 Å². The van der Waals surface area contributed by atoms with Crippen molar-refractivity contribution in [3.8, 4) is 5.75 Å². The van der Waals surface area contributed by atoms with Crippen LogP contribution < -0.4 is 10.1 Å². The highest BCUT2D eigenvalue weighted by Gasteiger charge is 2.19. The molecule has 0 aliphatic carbocycles. The number of rotatable bonds is 9. The monoisotopic (exact) mass is 293 g/mol. The zero-order valence-corrected chi connectivity index (χ0v) is 12.6. The summed E-state index contributed by atoms with van der Waals surface area (Å²) in [6, 6.07) is 5.87. The van der Waals surface area contributed by atoms with Crippen LogP contribution >= 0.6 is 0 Å². The highest BCUT2D eigenvalue weighted by Crippen LogP contribution is 2.13. The van der Waals surface area contributed by atoms with Gasteiger partial charge in [-0.05, 0) is 37.1 Å². The fourth-order valence-corrected chi connectivity index (χ4v) is 1.83. The van der Waals surface area contributed by atoms with E-state index in [0.717, 1.165) is 19.3 Å². The van der Waals surface area contributed by atoms with Crippen molar-refractivity contribution >= 4 is 11.9 Å². The van der Waals surface area contributed by atoms with Crippen LogP contribution in [0.2, 0.25) is 0 Å². The fourth-order valence-electron chi connectivity index (χ4n) is 1.83. The first-order chi connectivity index (χ1) is 10.1. The third-order valence-electron chi connectivity index (χ3n) is 3.04. The highest BCUT2D eigenvalue weighted by molar-refractivity contribution is 5.96. The van der Waals surface area contributed by atoms with Crippen LogP contribution in [0.15, 0.2) is 24.3 Å². The number of unbranched alkanes of at least 4 members (excludes halogenated alkanes) is 1. The molecule has 0 radical (unpaired) electrons. The van der Waals surface area contributed by atoms with Crippen molar-refractivity contribution in [2.75, 3.05) is 6.61 Å². The van der Waals surface area contributed by atoms with Gasteiger partial charge in [0.05, 0.1) is 6.61 Å². The minimum atomic E-state index is -1.00. The van der Waals surface area contributed by atoms with Crippen LogP contribution in [0.4, 0.5) is 0 Å². The number of carbonyl (C=O) groups excluding carboxylic acids is 1. The summed E-state index contributed by atoms with van der Waals surface area (Å²) in [4.78, 5) is 23.1. The predicted molar refractivity (Wildman–Crippen MR) is 80.6 cm³/mol. The van der Waals surface area contributed by atoms with Crippen LogP contribution in [-0.2, 0) is 4.79 Å². The molecule has 5 nitrogen and oxygen atoms in total. The van der Waals surface area contributed by atoms with Crippen LogP contribution in [0.25, 0.3) is 0 Å². The lowest BCUT2D eigenvalue weighted by molar-refractivity contribution is -0.139. The molecular formula is C16H23NO4. The van der Waals surface area contributed by atoms with Crippen LogP contribution in [0.5, 0.6) is 5.75 Å². The van der Waals surface area contributed by atoms with Crippen molar-refractivity contribution in [1.82, 2.24) is 5.32 Å². The second kappa shape index (κ2) is 9.00. The van der Waals surface area contributed by atoms with Gasteiger partial charge in [0.15, 0.2) is 0 Å². The second-order valence-corrected chi connectivity index (χ2v) is 4.88. The Morgan fingerprint density at radius 1 is 1.19 bits per heavy atom. The Morgan fingerprint density at radius 2 is 1.86 bits per heavy atom. The average molecular weight is 293 g/mol. The van der Waals surface area contributed by atoms with E-state index in [1.54, 1.807) is 24.3 Å². The molecule has 21 heavy (non-hydrogen) atoms. The van der Waals surface area contributed by atoms with Gasteiger partial charge in [0.1, 0.15) is 11.8 Å². The van der Waals surface area contributed by atoms with E-state index in [4.69, 9.17) is 9.84 Å². The topological polar surface area (TPSA) is 75.6 Å². The van der Waals surface area contributed by atoms with Gasteiger partial charge in [0.2, 0.25) is 0 Å². The van der Waals surface area contributed by atoms with Gasteiger partial charge in [-0.25, -0.2) is 4.79 Å². The van der Waals surface area contributed by atoms with Gasteiger partial charge in [0, 0.05) is 5.56 Å². The quantitative estimate of drug-likeness (QED) is 0.734. The molecule has 0 aliphatic rings. The lowest BCUT2D eigenvalue weighted by Crippen LogP contribution is -2.40. The van der Waals surface area contributed by atoms with Crippen molar-refractivity contribution in [2.45, 2.75) is 45.6 Å². The lowest BCUT2D eigenvalue weighted by Gasteiger charge is -2.14. The molecule has 1 unspecified atom stereocenters. The largest absolute Gasteiger partial charge is 0.494 e.